The third kappa shape index (κ3) is 8.99. The van der Waals surface area contributed by atoms with Crippen LogP contribution in [0.2, 0.25) is 0 Å². The maximum atomic E-state index is 11.5. The molecule has 0 aliphatic rings. The number of nitrogens with one attached hydrogen (secondary N) is 1. The van der Waals surface area contributed by atoms with Crippen molar-refractivity contribution in [2.75, 3.05) is 20.3 Å². The molecule has 20 heavy (non-hydrogen) atoms. The molecule has 0 saturated carbocycles. The molecule has 0 atom stereocenters. The van der Waals surface area contributed by atoms with Crippen molar-refractivity contribution in [2.24, 2.45) is 0 Å². The first-order valence-corrected chi connectivity index (χ1v) is 8.18. The summed E-state index contributed by atoms with van der Waals surface area (Å²) in [5.41, 5.74) is 0. The molecule has 0 aromatic heterocycles. The zero-order valence-corrected chi connectivity index (χ0v) is 12.2. The predicted molar refractivity (Wildman–Crippen MR) is 69.5 cm³/mol. The van der Waals surface area contributed by atoms with Crippen LogP contribution in [0.5, 0.6) is 5.75 Å². The quantitative estimate of drug-likeness (QED) is 0.433. The van der Waals surface area contributed by atoms with Crippen molar-refractivity contribution in [3.63, 3.8) is 0 Å². The van der Waals surface area contributed by atoms with E-state index >= 15 is 0 Å². The number of methoxy groups -OCH3 is 1. The van der Waals surface area contributed by atoms with Gasteiger partial charge in [0.25, 0.3) is 0 Å². The van der Waals surface area contributed by atoms with Gasteiger partial charge in [-0.1, -0.05) is 0 Å². The van der Waals surface area contributed by atoms with Crippen LogP contribution in [-0.2, 0) is 14.6 Å². The van der Waals surface area contributed by atoms with Gasteiger partial charge in [0.05, 0.1) is 18.6 Å². The van der Waals surface area contributed by atoms with Crippen molar-refractivity contribution in [3.05, 3.63) is 24.3 Å². The highest BCUT2D eigenvalue weighted by atomic mass is 32.2. The van der Waals surface area contributed by atoms with Crippen molar-refractivity contribution in [1.82, 2.24) is 4.72 Å². The maximum Gasteiger partial charge on any atom is 0.466 e. The van der Waals surface area contributed by atoms with E-state index in [4.69, 9.17) is 29.1 Å². The molecule has 1 aromatic carbocycles. The molecule has 0 fully saturated rings. The number of benzene rings is 1. The molecule has 0 radical (unpaired) electrons. The van der Waals surface area contributed by atoms with E-state index in [-0.39, 0.29) is 18.0 Å². The second-order valence-electron chi connectivity index (χ2n) is 3.31. The number of phosphoric acid groups is 1. The topological polar surface area (TPSA) is 153 Å². The first-order valence-electron chi connectivity index (χ1n) is 5.13. The van der Waals surface area contributed by atoms with Crippen molar-refractivity contribution in [2.45, 2.75) is 4.90 Å². The monoisotopic (exact) mass is 329 g/mol. The molecule has 0 aliphatic heterocycles. The molecule has 0 amide bonds. The van der Waals surface area contributed by atoms with Crippen LogP contribution in [0.4, 0.5) is 0 Å². The number of rotatable bonds is 5. The number of aliphatic hydroxyl groups excluding tert-OH is 1. The van der Waals surface area contributed by atoms with E-state index < -0.39 is 17.8 Å². The summed E-state index contributed by atoms with van der Waals surface area (Å²) in [5.74, 6) is 0.594. The van der Waals surface area contributed by atoms with Gasteiger partial charge in [0.15, 0.2) is 0 Å². The largest absolute Gasteiger partial charge is 0.497 e. The van der Waals surface area contributed by atoms with Gasteiger partial charge in [-0.15, -0.1) is 0 Å². The zero-order chi connectivity index (χ0) is 15.8. The Hall–Kier alpha value is -1.00. The van der Waals surface area contributed by atoms with E-state index in [1.807, 2.05) is 0 Å². The van der Waals surface area contributed by atoms with Gasteiger partial charge in [-0.25, -0.2) is 17.7 Å². The van der Waals surface area contributed by atoms with Crippen molar-refractivity contribution >= 4 is 17.8 Å². The number of hydrogen-bond acceptors (Lipinski definition) is 5. The Balaban J connectivity index is 0.000000621. The molecule has 5 N–H and O–H groups in total. The normalized spacial score (nSPS) is 11.4. The third-order valence-electron chi connectivity index (χ3n) is 1.77. The van der Waals surface area contributed by atoms with Gasteiger partial charge in [-0.05, 0) is 24.3 Å². The van der Waals surface area contributed by atoms with Crippen LogP contribution < -0.4 is 9.46 Å². The van der Waals surface area contributed by atoms with Gasteiger partial charge < -0.3 is 24.5 Å². The number of hydrogen-bond donors (Lipinski definition) is 5. The standard InChI is InChI=1S/C9H13NO4S.H3O4P/c1-14-8-2-4-9(5-3-8)15(12,13)10-6-7-11;1-5(2,3)4/h2-5,10-11H,6-7H2,1H3;(H3,1,2,3,4). The first kappa shape index (κ1) is 19.0. The van der Waals surface area contributed by atoms with Crippen LogP contribution in [0.15, 0.2) is 29.2 Å². The first-order chi connectivity index (χ1) is 9.10. The van der Waals surface area contributed by atoms with Crippen molar-refractivity contribution in [1.29, 1.82) is 0 Å². The average Bonchev–Trinajstić information content (AvgIpc) is 2.34. The summed E-state index contributed by atoms with van der Waals surface area (Å²) < 4.78 is 39.1. The summed E-state index contributed by atoms with van der Waals surface area (Å²) in [6.07, 6.45) is 0. The number of sulfonamides is 1. The fourth-order valence-corrected chi connectivity index (χ4v) is 2.04. The smallest absolute Gasteiger partial charge is 0.466 e. The second-order valence-corrected chi connectivity index (χ2v) is 6.10. The Kier molecular flexibility index (Phi) is 7.91. The Morgan fingerprint density at radius 1 is 1.20 bits per heavy atom. The van der Waals surface area contributed by atoms with E-state index in [1.165, 1.54) is 19.2 Å². The molecule has 0 spiro atoms. The Morgan fingerprint density at radius 3 is 2.00 bits per heavy atom. The molecule has 0 unspecified atom stereocenters. The lowest BCUT2D eigenvalue weighted by Crippen LogP contribution is -2.26. The lowest BCUT2D eigenvalue weighted by atomic mass is 10.3. The van der Waals surface area contributed by atoms with Crippen LogP contribution in [0.3, 0.4) is 0 Å². The van der Waals surface area contributed by atoms with Crippen molar-refractivity contribution < 1.29 is 37.5 Å². The summed E-state index contributed by atoms with van der Waals surface area (Å²) >= 11 is 0. The highest BCUT2D eigenvalue weighted by Crippen LogP contribution is 2.25. The predicted octanol–water partition coefficient (Wildman–Crippen LogP) is -0.963. The zero-order valence-electron chi connectivity index (χ0n) is 10.5. The van der Waals surface area contributed by atoms with Crippen LogP contribution >= 0.6 is 7.82 Å². The van der Waals surface area contributed by atoms with Gasteiger partial charge in [-0.2, -0.15) is 0 Å². The van der Waals surface area contributed by atoms with Gasteiger partial charge in [-0.3, -0.25) is 0 Å². The van der Waals surface area contributed by atoms with Crippen LogP contribution in [0.25, 0.3) is 0 Å². The van der Waals surface area contributed by atoms with E-state index in [0.717, 1.165) is 0 Å². The Labute approximate surface area is 116 Å². The van der Waals surface area contributed by atoms with Crippen LogP contribution in [-0.4, -0.2) is 48.5 Å². The average molecular weight is 329 g/mol. The molecular weight excluding hydrogens is 313 g/mol. The molecular formula is C9H16NO8PS. The molecule has 9 nitrogen and oxygen atoms in total. The van der Waals surface area contributed by atoms with Gasteiger partial charge in [0.1, 0.15) is 5.75 Å². The number of ether oxygens (including phenoxy) is 1. The number of aliphatic hydroxyl groups is 1. The summed E-state index contributed by atoms with van der Waals surface area (Å²) in [7, 11) is -6.64. The van der Waals surface area contributed by atoms with Crippen LogP contribution in [0.1, 0.15) is 0 Å². The summed E-state index contributed by atoms with van der Waals surface area (Å²) in [5, 5.41) is 8.51. The molecule has 116 valence electrons. The van der Waals surface area contributed by atoms with Gasteiger partial charge >= 0.3 is 7.82 Å². The lowest BCUT2D eigenvalue weighted by molar-refractivity contribution is 0.275. The minimum absolute atomic E-state index is 0.00830. The van der Waals surface area contributed by atoms with Crippen molar-refractivity contribution in [3.8, 4) is 5.75 Å². The summed E-state index contributed by atoms with van der Waals surface area (Å²) in [6.45, 7) is -0.219. The highest BCUT2D eigenvalue weighted by Gasteiger charge is 2.12. The fourth-order valence-electron chi connectivity index (χ4n) is 1.02. The van der Waals surface area contributed by atoms with E-state index in [9.17, 15) is 8.42 Å². The SMILES string of the molecule is COc1ccc(S(=O)(=O)NCCO)cc1.O=P(O)(O)O. The Morgan fingerprint density at radius 2 is 1.65 bits per heavy atom. The third-order valence-corrected chi connectivity index (χ3v) is 3.25. The Bertz CT molecular complexity index is 529. The molecule has 0 heterocycles. The van der Waals surface area contributed by atoms with Gasteiger partial charge in [0, 0.05) is 6.54 Å². The summed E-state index contributed by atoms with van der Waals surface area (Å²) in [6, 6.07) is 6.01. The molecule has 0 saturated heterocycles. The lowest BCUT2D eigenvalue weighted by Gasteiger charge is -2.05. The second kappa shape index (κ2) is 8.32. The minimum Gasteiger partial charge on any atom is -0.497 e. The van der Waals surface area contributed by atoms with E-state index in [0.29, 0.717) is 5.75 Å². The van der Waals surface area contributed by atoms with E-state index in [2.05, 4.69) is 4.72 Å². The highest BCUT2D eigenvalue weighted by molar-refractivity contribution is 7.89. The van der Waals surface area contributed by atoms with Crippen LogP contribution in [0, 0.1) is 0 Å². The molecule has 1 rings (SSSR count). The minimum atomic E-state index is -4.64. The van der Waals surface area contributed by atoms with Gasteiger partial charge in [0.2, 0.25) is 10.0 Å². The molecule has 1 aromatic rings. The molecule has 0 bridgehead atoms. The molecule has 11 heteroatoms. The van der Waals surface area contributed by atoms with E-state index in [1.54, 1.807) is 12.1 Å². The fraction of sp³-hybridized carbons (Fsp3) is 0.333. The summed E-state index contributed by atoms with van der Waals surface area (Å²) in [4.78, 5) is 21.7. The maximum absolute atomic E-state index is 11.5. The molecule has 0 aliphatic carbocycles.